The molecule has 7 nitrogen and oxygen atoms in total. The number of rotatable bonds is 8. The van der Waals surface area contributed by atoms with Gasteiger partial charge in [-0.1, -0.05) is 35.6 Å². The number of fused-ring (bicyclic) bond motifs is 1. The van der Waals surface area contributed by atoms with E-state index in [0.29, 0.717) is 17.0 Å². The van der Waals surface area contributed by atoms with Gasteiger partial charge in [0.2, 0.25) is 10.0 Å². The first kappa shape index (κ1) is 21.7. The fraction of sp³-hybridized carbons (Fsp3) is 0.368. The maximum Gasteiger partial charge on any atom is 0.261 e. The number of thiazole rings is 1. The number of carbonyl (C=O) groups excluding carboxylic acids is 1. The van der Waals surface area contributed by atoms with Crippen molar-refractivity contribution in [3.05, 3.63) is 46.3 Å². The van der Waals surface area contributed by atoms with E-state index in [2.05, 4.69) is 15.0 Å². The maximum atomic E-state index is 12.4. The molecule has 2 N–H and O–H groups in total. The minimum Gasteiger partial charge on any atom is -0.354 e. The van der Waals surface area contributed by atoms with Gasteiger partial charge in [0.25, 0.3) is 5.91 Å². The molecule has 3 aromatic rings. The van der Waals surface area contributed by atoms with Crippen LogP contribution in [0.4, 0.5) is 5.13 Å². The number of anilines is 1. The molecule has 1 amide bonds. The average molecular weight is 453 g/mol. The second kappa shape index (κ2) is 8.78. The summed E-state index contributed by atoms with van der Waals surface area (Å²) in [6, 6.07) is 8.95. The smallest absolute Gasteiger partial charge is 0.261 e. The number of thiophene rings is 1. The Bertz CT molecular complexity index is 1070. The van der Waals surface area contributed by atoms with Crippen LogP contribution in [0.3, 0.4) is 0 Å². The summed E-state index contributed by atoms with van der Waals surface area (Å²) in [7, 11) is 0.533. The summed E-state index contributed by atoms with van der Waals surface area (Å²) in [5.41, 5.74) is 1.61. The molecule has 0 aliphatic rings. The van der Waals surface area contributed by atoms with E-state index in [4.69, 9.17) is 0 Å². The monoisotopic (exact) mass is 452 g/mol. The molecule has 0 bridgehead atoms. The van der Waals surface area contributed by atoms with Crippen LogP contribution in [0.25, 0.3) is 9.53 Å². The lowest BCUT2D eigenvalue weighted by Crippen LogP contribution is -2.31. The van der Waals surface area contributed by atoms with E-state index in [0.717, 1.165) is 20.2 Å². The van der Waals surface area contributed by atoms with Crippen LogP contribution in [0.1, 0.15) is 34.6 Å². The molecule has 0 aliphatic heterocycles. The summed E-state index contributed by atoms with van der Waals surface area (Å²) in [6.07, 6.45) is 0. The lowest BCUT2D eigenvalue weighted by molar-refractivity contribution is 0.0955. The number of nitrogens with zero attached hydrogens (tertiary/aromatic N) is 2. The van der Waals surface area contributed by atoms with Crippen molar-refractivity contribution in [2.24, 2.45) is 0 Å². The number of sulfonamides is 1. The Kier molecular flexibility index (Phi) is 6.57. The highest BCUT2D eigenvalue weighted by molar-refractivity contribution is 7.88. The van der Waals surface area contributed by atoms with Crippen molar-refractivity contribution in [3.63, 3.8) is 0 Å². The first-order chi connectivity index (χ1) is 13.6. The van der Waals surface area contributed by atoms with Gasteiger partial charge in [-0.05, 0) is 31.0 Å². The normalized spacial score (nSPS) is 11.9. The molecule has 0 spiro atoms. The van der Waals surface area contributed by atoms with Crippen molar-refractivity contribution in [1.29, 1.82) is 0 Å². The van der Waals surface area contributed by atoms with Crippen LogP contribution in [-0.4, -0.2) is 39.4 Å². The predicted molar refractivity (Wildman–Crippen MR) is 120 cm³/mol. The van der Waals surface area contributed by atoms with Gasteiger partial charge < -0.3 is 10.2 Å². The van der Waals surface area contributed by atoms with Crippen molar-refractivity contribution in [2.45, 2.75) is 32.2 Å². The molecule has 2 aromatic heterocycles. The highest BCUT2D eigenvalue weighted by Crippen LogP contribution is 2.33. The van der Waals surface area contributed by atoms with Crippen LogP contribution in [-0.2, 0) is 22.3 Å². The minimum absolute atomic E-state index is 0.0638. The van der Waals surface area contributed by atoms with Crippen LogP contribution in [0.2, 0.25) is 0 Å². The fourth-order valence-corrected chi connectivity index (χ4v) is 6.15. The summed E-state index contributed by atoms with van der Waals surface area (Å²) in [5.74, 6) is -0.203. The number of benzene rings is 1. The van der Waals surface area contributed by atoms with Gasteiger partial charge in [-0.25, -0.2) is 18.1 Å². The number of carbonyl (C=O) groups is 1. The lowest BCUT2D eigenvalue weighted by Gasteiger charge is -2.10. The van der Waals surface area contributed by atoms with Crippen molar-refractivity contribution >= 4 is 53.3 Å². The third-order valence-corrected chi connectivity index (χ3v) is 7.80. The number of hydrogen-bond acceptors (Lipinski definition) is 7. The van der Waals surface area contributed by atoms with E-state index in [1.807, 2.05) is 37.2 Å². The number of amides is 1. The molecule has 0 saturated carbocycles. The molecular weight excluding hydrogens is 428 g/mol. The Hall–Kier alpha value is -2.01. The first-order valence-corrected chi connectivity index (χ1v) is 12.4. The molecule has 1 aromatic carbocycles. The molecule has 0 fully saturated rings. The fourth-order valence-electron chi connectivity index (χ4n) is 2.67. The van der Waals surface area contributed by atoms with E-state index < -0.39 is 10.0 Å². The zero-order valence-corrected chi connectivity index (χ0v) is 19.2. The first-order valence-electron chi connectivity index (χ1n) is 9.06. The number of hydrogen-bond donors (Lipinski definition) is 2. The highest BCUT2D eigenvalue weighted by atomic mass is 32.2. The Morgan fingerprint density at radius 1 is 1.14 bits per heavy atom. The van der Waals surface area contributed by atoms with Crippen LogP contribution >= 0.6 is 22.7 Å². The molecule has 0 saturated heterocycles. The van der Waals surface area contributed by atoms with Gasteiger partial charge in [-0.3, -0.25) is 4.79 Å². The van der Waals surface area contributed by atoms with Gasteiger partial charge >= 0.3 is 0 Å². The minimum atomic E-state index is -3.35. The standard InChI is InChI=1S/C19H24N4O3S3/c1-12(2)22-29(25,26)11-14-7-5-13(6-8-14)10-20-17(24)15-9-16-18(27-15)21-19(28-16)23(3)4/h5-9,12,22H,10-11H2,1-4H3,(H,20,24). The summed E-state index contributed by atoms with van der Waals surface area (Å²) >= 11 is 2.94. The number of nitrogens with one attached hydrogen (secondary N) is 2. The Balaban J connectivity index is 1.58. The van der Waals surface area contributed by atoms with Gasteiger partial charge in [0.05, 0.1) is 15.3 Å². The Labute approximate surface area is 178 Å². The molecule has 2 heterocycles. The van der Waals surface area contributed by atoms with Crippen molar-refractivity contribution in [3.8, 4) is 0 Å². The second-order valence-electron chi connectivity index (χ2n) is 7.20. The van der Waals surface area contributed by atoms with Crippen molar-refractivity contribution in [2.75, 3.05) is 19.0 Å². The third-order valence-electron chi connectivity index (χ3n) is 3.93. The molecule has 0 aliphatic carbocycles. The predicted octanol–water partition coefficient (Wildman–Crippen LogP) is 3.18. The zero-order chi connectivity index (χ0) is 21.2. The topological polar surface area (TPSA) is 91.4 Å². The van der Waals surface area contributed by atoms with E-state index in [1.54, 1.807) is 37.3 Å². The molecule has 10 heteroatoms. The summed E-state index contributed by atoms with van der Waals surface area (Å²) < 4.78 is 27.6. The highest BCUT2D eigenvalue weighted by Gasteiger charge is 2.15. The lowest BCUT2D eigenvalue weighted by atomic mass is 10.1. The molecular formula is C19H24N4O3S3. The Morgan fingerprint density at radius 2 is 1.79 bits per heavy atom. The summed E-state index contributed by atoms with van der Waals surface area (Å²) in [5, 5.41) is 3.82. The van der Waals surface area contributed by atoms with Gasteiger partial charge in [-0.15, -0.1) is 11.3 Å². The molecule has 0 unspecified atom stereocenters. The zero-order valence-electron chi connectivity index (χ0n) is 16.7. The van der Waals surface area contributed by atoms with E-state index >= 15 is 0 Å². The number of aromatic nitrogens is 1. The maximum absolute atomic E-state index is 12.4. The van der Waals surface area contributed by atoms with Crippen LogP contribution < -0.4 is 14.9 Å². The van der Waals surface area contributed by atoms with Crippen molar-refractivity contribution < 1.29 is 13.2 Å². The van der Waals surface area contributed by atoms with Crippen LogP contribution in [0, 0.1) is 0 Å². The third kappa shape index (κ3) is 5.75. The molecule has 3 rings (SSSR count). The quantitative estimate of drug-likeness (QED) is 0.548. The van der Waals surface area contributed by atoms with Gasteiger partial charge in [0.15, 0.2) is 5.13 Å². The average Bonchev–Trinajstić information content (AvgIpc) is 3.18. The van der Waals surface area contributed by atoms with Crippen molar-refractivity contribution in [1.82, 2.24) is 15.0 Å². The van der Waals surface area contributed by atoms with E-state index in [-0.39, 0.29) is 17.7 Å². The molecule has 29 heavy (non-hydrogen) atoms. The largest absolute Gasteiger partial charge is 0.354 e. The van der Waals surface area contributed by atoms with Gasteiger partial charge in [0, 0.05) is 26.7 Å². The molecule has 0 radical (unpaired) electrons. The molecule has 0 atom stereocenters. The molecule has 156 valence electrons. The SMILES string of the molecule is CC(C)NS(=O)(=O)Cc1ccc(CNC(=O)c2cc3sc(N(C)C)nc3s2)cc1. The van der Waals surface area contributed by atoms with Gasteiger partial charge in [0.1, 0.15) is 4.83 Å². The van der Waals surface area contributed by atoms with Crippen LogP contribution in [0.5, 0.6) is 0 Å². The van der Waals surface area contributed by atoms with E-state index in [1.165, 1.54) is 11.3 Å². The summed E-state index contributed by atoms with van der Waals surface area (Å²) in [4.78, 5) is 20.4. The second-order valence-corrected chi connectivity index (χ2v) is 11.0. The Morgan fingerprint density at radius 3 is 2.38 bits per heavy atom. The van der Waals surface area contributed by atoms with Gasteiger partial charge in [-0.2, -0.15) is 0 Å². The van der Waals surface area contributed by atoms with Crippen LogP contribution in [0.15, 0.2) is 30.3 Å². The van der Waals surface area contributed by atoms with E-state index in [9.17, 15) is 13.2 Å². The summed E-state index contributed by atoms with van der Waals surface area (Å²) in [6.45, 7) is 3.95.